The zero-order chi connectivity index (χ0) is 3.58. The first kappa shape index (κ1) is 57.3. The van der Waals surface area contributed by atoms with E-state index in [4.69, 9.17) is 14.1 Å². The van der Waals surface area contributed by atoms with Crippen LogP contribution >= 0.6 is 0 Å². The van der Waals surface area contributed by atoms with Crippen molar-refractivity contribution in [2.75, 3.05) is 0 Å². The van der Waals surface area contributed by atoms with E-state index in [0.29, 0.717) is 0 Å². The van der Waals surface area contributed by atoms with Crippen molar-refractivity contribution in [3.8, 4) is 0 Å². The van der Waals surface area contributed by atoms with E-state index < -0.39 is 9.17 Å². The molecule has 12 heavy (non-hydrogen) atoms. The molecule has 0 aromatic heterocycles. The molecular weight excluding hydrogens is 324 g/mol. The molecule has 0 saturated heterocycles. The first-order valence-corrected chi connectivity index (χ1v) is 1.84. The maximum absolute atomic E-state index is 8.52. The van der Waals surface area contributed by atoms with Crippen molar-refractivity contribution in [3.05, 3.63) is 0 Å². The minimum absolute atomic E-state index is 0. The summed E-state index contributed by atoms with van der Waals surface area (Å²) in [5, 5.41) is 0. The van der Waals surface area contributed by atoms with Gasteiger partial charge in [0, 0.05) is 9.17 Å². The van der Waals surface area contributed by atoms with Crippen LogP contribution in [-0.2, 0) is 4.46 Å². The summed E-state index contributed by atoms with van der Waals surface area (Å²) < 4.78 is 8.52. The predicted molar refractivity (Wildman–Crippen MR) is 49.3 cm³/mol. The van der Waals surface area contributed by atoms with Gasteiger partial charge in [-0.1, -0.05) is 0 Å². The van der Waals surface area contributed by atoms with Crippen LogP contribution in [0.3, 0.4) is 0 Å². The Morgan fingerprint density at radius 3 is 0.750 bits per heavy atom. The van der Waals surface area contributed by atoms with Gasteiger partial charge in [-0.15, -0.1) is 0 Å². The molecule has 0 amide bonds. The normalized spacial score (nSPS) is 2.00. The third-order valence-corrected chi connectivity index (χ3v) is 0. The summed E-state index contributed by atoms with van der Waals surface area (Å²) in [6, 6.07) is 0. The van der Waals surface area contributed by atoms with Crippen molar-refractivity contribution < 1.29 is 73.2 Å². The Labute approximate surface area is 334 Å². The standard InChI is InChI=1S/4K.4Na.O3Si.6H/c;;;;;;;;1-4(2)3;;;;;;/q;;;;;;2*+1;-2;;;;;;. The number of rotatable bonds is 0. The van der Waals surface area contributed by atoms with E-state index in [9.17, 15) is 0 Å². The Bertz CT molecular complexity index is 45.3. The van der Waals surface area contributed by atoms with Gasteiger partial charge < -0.3 is 14.1 Å². The van der Waals surface area contributed by atoms with Gasteiger partial charge in [0.05, 0.1) is 0 Å². The van der Waals surface area contributed by atoms with Crippen molar-refractivity contribution in [1.29, 1.82) is 0 Å². The fourth-order valence-electron chi connectivity index (χ4n) is 0. The van der Waals surface area contributed by atoms with Crippen LogP contribution in [0.1, 0.15) is 0 Å². The molecule has 0 bridgehead atoms. The minimum atomic E-state index is -3.63. The molecule has 0 aliphatic carbocycles. The van der Waals surface area contributed by atoms with Crippen molar-refractivity contribution in [2.24, 2.45) is 0 Å². The van der Waals surface area contributed by atoms with E-state index in [0.717, 1.165) is 0 Å². The van der Waals surface area contributed by atoms with Crippen LogP contribution in [0.2, 0.25) is 0 Å². The van der Waals surface area contributed by atoms with Gasteiger partial charge in [-0.3, -0.25) is 0 Å². The average Bonchev–Trinajstić information content (AvgIpc) is 0.811. The van der Waals surface area contributed by atoms with Crippen molar-refractivity contribution in [2.45, 2.75) is 0 Å². The Morgan fingerprint density at radius 2 is 0.750 bits per heavy atom. The van der Waals surface area contributed by atoms with Crippen LogP contribution in [-0.4, -0.2) is 274 Å². The summed E-state index contributed by atoms with van der Waals surface area (Å²) in [4.78, 5) is 17.0. The van der Waals surface area contributed by atoms with Gasteiger partial charge in [0.1, 0.15) is 0 Å². The molecule has 3 nitrogen and oxygen atoms in total. The van der Waals surface area contributed by atoms with E-state index in [-0.39, 0.29) is 324 Å². The Balaban J connectivity index is -0.00000000161. The zero-order valence-corrected chi connectivity index (χ0v) is 8.72. The fourth-order valence-corrected chi connectivity index (χ4v) is 0. The van der Waals surface area contributed by atoms with Crippen LogP contribution in [0.5, 0.6) is 0 Å². The average molecular weight is 330 g/mol. The van der Waals surface area contributed by atoms with Crippen molar-refractivity contribution in [3.63, 3.8) is 0 Å². The third kappa shape index (κ3) is 71.7. The SMILES string of the molecule is O=[Si]([O-])[O-].[KH].[KH].[KH].[KH].[Na+].[Na+].[NaH].[NaH]. The summed E-state index contributed by atoms with van der Waals surface area (Å²) in [6.07, 6.45) is 0. The van der Waals surface area contributed by atoms with Crippen molar-refractivity contribution >= 4 is 274 Å². The Hall–Kier alpha value is 10.2. The van der Waals surface area contributed by atoms with E-state index in [2.05, 4.69) is 0 Å². The fraction of sp³-hybridized carbons (Fsp3) is 0. The van der Waals surface area contributed by atoms with E-state index in [1.165, 1.54) is 0 Å². The van der Waals surface area contributed by atoms with Crippen LogP contribution in [0.15, 0.2) is 0 Å². The second-order valence-corrected chi connectivity index (χ2v) is 0.750. The molecule has 0 aromatic rings. The Morgan fingerprint density at radius 1 is 0.750 bits per heavy atom. The molecule has 12 heteroatoms. The quantitative estimate of drug-likeness (QED) is 0.415. The van der Waals surface area contributed by atoms with Crippen molar-refractivity contribution in [1.82, 2.24) is 0 Å². The van der Waals surface area contributed by atoms with Gasteiger partial charge in [-0.2, -0.15) is 0 Å². The Kier molecular flexibility index (Phi) is 237. The molecule has 0 heterocycles. The van der Waals surface area contributed by atoms with Crippen LogP contribution in [0.4, 0.5) is 0 Å². The van der Waals surface area contributed by atoms with Gasteiger partial charge in [-0.25, -0.2) is 0 Å². The predicted octanol–water partition coefficient (Wildman–Crippen LogP) is -12.8. The van der Waals surface area contributed by atoms with Gasteiger partial charge in [0.15, 0.2) is 0 Å². The van der Waals surface area contributed by atoms with E-state index in [1.807, 2.05) is 0 Å². The summed E-state index contributed by atoms with van der Waals surface area (Å²) in [5.74, 6) is 0. The van der Waals surface area contributed by atoms with E-state index in [1.54, 1.807) is 0 Å². The summed E-state index contributed by atoms with van der Waals surface area (Å²) in [7, 11) is -3.63. The number of hydrogen-bond donors (Lipinski definition) is 0. The van der Waals surface area contributed by atoms with Crippen LogP contribution in [0.25, 0.3) is 0 Å². The molecule has 0 aliphatic rings. The zero-order valence-electron chi connectivity index (χ0n) is 3.72. The number of hydrogen-bond acceptors (Lipinski definition) is 3. The van der Waals surface area contributed by atoms with Gasteiger partial charge in [-0.05, 0) is 0 Å². The van der Waals surface area contributed by atoms with Gasteiger partial charge >= 0.3 is 324 Å². The van der Waals surface area contributed by atoms with Crippen LogP contribution in [0, 0.1) is 0 Å². The van der Waals surface area contributed by atoms with Gasteiger partial charge in [0.25, 0.3) is 0 Å². The molecule has 0 N–H and O–H groups in total. The summed E-state index contributed by atoms with van der Waals surface area (Å²) >= 11 is 0. The molecule has 0 radical (unpaired) electrons. The molecule has 0 unspecified atom stereocenters. The first-order chi connectivity index (χ1) is 1.73. The molecule has 0 saturated carbocycles. The monoisotopic (exact) mass is 330 g/mol. The molecule has 0 aliphatic heterocycles. The molecule has 0 spiro atoms. The molecular formula is H6K4Na4O3Si. The van der Waals surface area contributed by atoms with Crippen LogP contribution < -0.4 is 68.7 Å². The second kappa shape index (κ2) is 49.7. The van der Waals surface area contributed by atoms with Gasteiger partial charge in [0.2, 0.25) is 0 Å². The second-order valence-electron chi connectivity index (χ2n) is 0.250. The molecule has 36 valence electrons. The molecule has 0 fully saturated rings. The summed E-state index contributed by atoms with van der Waals surface area (Å²) in [5.41, 5.74) is 0. The first-order valence-electron chi connectivity index (χ1n) is 0.612. The summed E-state index contributed by atoms with van der Waals surface area (Å²) in [6.45, 7) is 0. The topological polar surface area (TPSA) is 63.2 Å². The third-order valence-electron chi connectivity index (χ3n) is 0. The molecule has 0 rings (SSSR count). The molecule has 0 atom stereocenters. The molecule has 0 aromatic carbocycles. The maximum atomic E-state index is 8.52. The van der Waals surface area contributed by atoms with E-state index >= 15 is 0 Å².